The van der Waals surface area contributed by atoms with Gasteiger partial charge in [0.25, 0.3) is 5.91 Å². The van der Waals surface area contributed by atoms with E-state index in [0.717, 1.165) is 17.4 Å². The molecule has 0 aliphatic rings. The van der Waals surface area contributed by atoms with Gasteiger partial charge in [-0.25, -0.2) is 8.42 Å². The lowest BCUT2D eigenvalue weighted by Crippen LogP contribution is -2.14. The summed E-state index contributed by atoms with van der Waals surface area (Å²) < 4.78 is 24.9. The molecule has 0 radical (unpaired) electrons. The highest BCUT2D eigenvalue weighted by molar-refractivity contribution is 7.92. The van der Waals surface area contributed by atoms with Gasteiger partial charge in [-0.3, -0.25) is 9.52 Å². The average molecular weight is 353 g/mol. The molecule has 0 saturated heterocycles. The lowest BCUT2D eigenvalue weighted by atomic mass is 10.1. The Bertz CT molecular complexity index is 843. The van der Waals surface area contributed by atoms with E-state index < -0.39 is 15.9 Å². The molecule has 0 saturated carbocycles. The van der Waals surface area contributed by atoms with Crippen LogP contribution in [0.3, 0.4) is 0 Å². The zero-order valence-corrected chi connectivity index (χ0v) is 14.5. The fraction of sp³-hybridized carbons (Fsp3) is 0.188. The summed E-state index contributed by atoms with van der Waals surface area (Å²) in [5.41, 5.74) is 3.18. The van der Waals surface area contributed by atoms with E-state index in [9.17, 15) is 13.2 Å². The van der Waals surface area contributed by atoms with Crippen LogP contribution in [0.5, 0.6) is 0 Å². The minimum absolute atomic E-state index is 0.194. The molecule has 5 nitrogen and oxygen atoms in total. The first kappa shape index (κ1) is 17.3. The molecule has 0 aliphatic carbocycles. The standard InChI is InChI=1S/C16H17ClN2O3S/c1-10-6-11(2)8-13(7-10)18-16(20)14-9-12(4-5-15(14)17)19-23(3,21)22/h4-9,19H,1-3H3,(H,18,20). The number of sulfonamides is 1. The first-order valence-corrected chi connectivity index (χ1v) is 9.08. The maximum absolute atomic E-state index is 12.4. The fourth-order valence-electron chi connectivity index (χ4n) is 2.22. The third kappa shape index (κ3) is 4.97. The van der Waals surface area contributed by atoms with Crippen LogP contribution in [-0.4, -0.2) is 20.6 Å². The molecule has 2 aromatic rings. The van der Waals surface area contributed by atoms with Crippen molar-refractivity contribution in [3.8, 4) is 0 Å². The molecule has 0 aliphatic heterocycles. The van der Waals surface area contributed by atoms with Crippen LogP contribution in [0, 0.1) is 13.8 Å². The van der Waals surface area contributed by atoms with Crippen LogP contribution in [-0.2, 0) is 10.0 Å². The van der Waals surface area contributed by atoms with Crippen molar-refractivity contribution in [1.82, 2.24) is 0 Å². The zero-order chi connectivity index (χ0) is 17.2. The minimum atomic E-state index is -3.43. The summed E-state index contributed by atoms with van der Waals surface area (Å²) in [7, 11) is -3.43. The molecule has 0 unspecified atom stereocenters. The van der Waals surface area contributed by atoms with Crippen LogP contribution < -0.4 is 10.0 Å². The van der Waals surface area contributed by atoms with Gasteiger partial charge in [-0.05, 0) is 55.3 Å². The number of aryl methyl sites for hydroxylation is 2. The summed E-state index contributed by atoms with van der Waals surface area (Å²) in [6, 6.07) is 10.1. The fourth-order valence-corrected chi connectivity index (χ4v) is 2.98. The highest BCUT2D eigenvalue weighted by Crippen LogP contribution is 2.23. The predicted octanol–water partition coefficient (Wildman–Crippen LogP) is 3.58. The number of anilines is 2. The first-order chi connectivity index (χ1) is 10.6. The summed E-state index contributed by atoms with van der Waals surface area (Å²) in [4.78, 5) is 12.4. The van der Waals surface area contributed by atoms with Crippen molar-refractivity contribution in [2.75, 3.05) is 16.3 Å². The predicted molar refractivity (Wildman–Crippen MR) is 93.8 cm³/mol. The van der Waals surface area contributed by atoms with E-state index >= 15 is 0 Å². The van der Waals surface area contributed by atoms with E-state index in [1.807, 2.05) is 32.0 Å². The maximum atomic E-state index is 12.4. The summed E-state index contributed by atoms with van der Waals surface area (Å²) in [5.74, 6) is -0.405. The van der Waals surface area contributed by atoms with Gasteiger partial charge in [0, 0.05) is 11.4 Å². The molecule has 122 valence electrons. The monoisotopic (exact) mass is 352 g/mol. The lowest BCUT2D eigenvalue weighted by molar-refractivity contribution is 0.102. The molecular formula is C16H17ClN2O3S. The quantitative estimate of drug-likeness (QED) is 0.883. The first-order valence-electron chi connectivity index (χ1n) is 6.81. The van der Waals surface area contributed by atoms with E-state index in [2.05, 4.69) is 10.0 Å². The third-order valence-corrected chi connectivity index (χ3v) is 3.93. The number of carbonyl (C=O) groups excluding carboxylic acids is 1. The highest BCUT2D eigenvalue weighted by atomic mass is 35.5. The van der Waals surface area contributed by atoms with Crippen LogP contribution in [0.1, 0.15) is 21.5 Å². The second-order valence-electron chi connectivity index (χ2n) is 5.40. The van der Waals surface area contributed by atoms with Gasteiger partial charge in [0.15, 0.2) is 0 Å². The summed E-state index contributed by atoms with van der Waals surface area (Å²) in [5, 5.41) is 3.01. The number of nitrogens with one attached hydrogen (secondary N) is 2. The van der Waals surface area contributed by atoms with E-state index in [1.54, 1.807) is 0 Å². The van der Waals surface area contributed by atoms with E-state index in [4.69, 9.17) is 11.6 Å². The number of hydrogen-bond donors (Lipinski definition) is 2. The van der Waals surface area contributed by atoms with Gasteiger partial charge < -0.3 is 5.32 Å². The third-order valence-electron chi connectivity index (χ3n) is 2.99. The largest absolute Gasteiger partial charge is 0.322 e. The van der Waals surface area contributed by atoms with Crippen LogP contribution >= 0.6 is 11.6 Å². The van der Waals surface area contributed by atoms with Crippen molar-refractivity contribution in [2.45, 2.75) is 13.8 Å². The Hall–Kier alpha value is -2.05. The normalized spacial score (nSPS) is 11.1. The molecule has 1 amide bonds. The van der Waals surface area contributed by atoms with Crippen molar-refractivity contribution in [3.05, 3.63) is 58.1 Å². The average Bonchev–Trinajstić information content (AvgIpc) is 2.38. The number of amides is 1. The van der Waals surface area contributed by atoms with Gasteiger partial charge in [0.1, 0.15) is 0 Å². The number of hydrogen-bond acceptors (Lipinski definition) is 3. The van der Waals surface area contributed by atoms with E-state index in [0.29, 0.717) is 5.69 Å². The van der Waals surface area contributed by atoms with Gasteiger partial charge >= 0.3 is 0 Å². The molecule has 0 bridgehead atoms. The van der Waals surface area contributed by atoms with Crippen LogP contribution in [0.25, 0.3) is 0 Å². The zero-order valence-electron chi connectivity index (χ0n) is 13.0. The SMILES string of the molecule is Cc1cc(C)cc(NC(=O)c2cc(NS(C)(=O)=O)ccc2Cl)c1. The van der Waals surface area contributed by atoms with Gasteiger partial charge in [-0.15, -0.1) is 0 Å². The van der Waals surface area contributed by atoms with E-state index in [-0.39, 0.29) is 16.3 Å². The minimum Gasteiger partial charge on any atom is -0.322 e. The molecule has 2 N–H and O–H groups in total. The van der Waals surface area contributed by atoms with E-state index in [1.165, 1.54) is 18.2 Å². The van der Waals surface area contributed by atoms with Crippen molar-refractivity contribution >= 4 is 38.9 Å². The molecule has 0 heterocycles. The van der Waals surface area contributed by atoms with Crippen LogP contribution in [0.2, 0.25) is 5.02 Å². The number of rotatable bonds is 4. The molecule has 2 aromatic carbocycles. The Balaban J connectivity index is 2.29. The highest BCUT2D eigenvalue weighted by Gasteiger charge is 2.13. The summed E-state index contributed by atoms with van der Waals surface area (Å²) in [6.45, 7) is 3.87. The molecular weight excluding hydrogens is 336 g/mol. The molecule has 0 spiro atoms. The van der Waals surface area contributed by atoms with Crippen molar-refractivity contribution in [1.29, 1.82) is 0 Å². The van der Waals surface area contributed by atoms with Crippen molar-refractivity contribution in [2.24, 2.45) is 0 Å². The topological polar surface area (TPSA) is 75.3 Å². The van der Waals surface area contributed by atoms with Crippen LogP contribution in [0.4, 0.5) is 11.4 Å². The van der Waals surface area contributed by atoms with Crippen molar-refractivity contribution < 1.29 is 13.2 Å². The summed E-state index contributed by atoms with van der Waals surface area (Å²) >= 11 is 6.05. The number of benzene rings is 2. The number of carbonyl (C=O) groups is 1. The molecule has 23 heavy (non-hydrogen) atoms. The van der Waals surface area contributed by atoms with Gasteiger partial charge in [-0.2, -0.15) is 0 Å². The van der Waals surface area contributed by atoms with Crippen molar-refractivity contribution in [3.63, 3.8) is 0 Å². The molecule has 0 atom stereocenters. The maximum Gasteiger partial charge on any atom is 0.257 e. The Kier molecular flexibility index (Phi) is 4.97. The van der Waals surface area contributed by atoms with Gasteiger partial charge in [0.2, 0.25) is 10.0 Å². The smallest absolute Gasteiger partial charge is 0.257 e. The Morgan fingerprint density at radius 1 is 1.00 bits per heavy atom. The lowest BCUT2D eigenvalue weighted by Gasteiger charge is -2.11. The van der Waals surface area contributed by atoms with Crippen LogP contribution in [0.15, 0.2) is 36.4 Å². The Morgan fingerprint density at radius 3 is 2.17 bits per heavy atom. The summed E-state index contributed by atoms with van der Waals surface area (Å²) in [6.07, 6.45) is 1.04. The molecule has 2 rings (SSSR count). The Labute approximate surface area is 140 Å². The second-order valence-corrected chi connectivity index (χ2v) is 7.56. The van der Waals surface area contributed by atoms with Gasteiger partial charge in [0.05, 0.1) is 16.8 Å². The molecule has 0 aromatic heterocycles. The van der Waals surface area contributed by atoms with Gasteiger partial charge in [-0.1, -0.05) is 17.7 Å². The Morgan fingerprint density at radius 2 is 1.61 bits per heavy atom. The second kappa shape index (κ2) is 6.60. The molecule has 0 fully saturated rings. The number of halogens is 1. The molecule has 7 heteroatoms.